The number of hydrogen-bond acceptors (Lipinski definition) is 2. The van der Waals surface area contributed by atoms with Gasteiger partial charge in [-0.2, -0.15) is 0 Å². The summed E-state index contributed by atoms with van der Waals surface area (Å²) >= 11 is 5.79. The number of pyridine rings is 1. The molecule has 2 aromatic rings. The SMILES string of the molecule is Clc1ccnc(-n2ccnc2)c1. The van der Waals surface area contributed by atoms with Crippen LogP contribution in [0.1, 0.15) is 0 Å². The molecule has 4 heteroatoms. The maximum absolute atomic E-state index is 5.79. The summed E-state index contributed by atoms with van der Waals surface area (Å²) in [6, 6.07) is 3.52. The Kier molecular flexibility index (Phi) is 1.80. The number of hydrogen-bond donors (Lipinski definition) is 0. The van der Waals surface area contributed by atoms with Gasteiger partial charge in [-0.05, 0) is 6.07 Å². The van der Waals surface area contributed by atoms with Gasteiger partial charge in [0.15, 0.2) is 0 Å². The van der Waals surface area contributed by atoms with E-state index in [1.807, 2.05) is 6.20 Å². The lowest BCUT2D eigenvalue weighted by molar-refractivity contribution is 0.993. The van der Waals surface area contributed by atoms with Crippen molar-refractivity contribution in [2.75, 3.05) is 0 Å². The summed E-state index contributed by atoms with van der Waals surface area (Å²) in [7, 11) is 0. The minimum Gasteiger partial charge on any atom is -0.290 e. The number of halogens is 1. The van der Waals surface area contributed by atoms with Crippen LogP contribution in [0.25, 0.3) is 5.82 Å². The summed E-state index contributed by atoms with van der Waals surface area (Å²) in [4.78, 5) is 8.03. The molecule has 0 saturated heterocycles. The van der Waals surface area contributed by atoms with Crippen LogP contribution in [0.3, 0.4) is 0 Å². The topological polar surface area (TPSA) is 30.7 Å². The monoisotopic (exact) mass is 179 g/mol. The van der Waals surface area contributed by atoms with Crippen molar-refractivity contribution >= 4 is 11.6 Å². The van der Waals surface area contributed by atoms with E-state index in [1.165, 1.54) is 0 Å². The number of aromatic nitrogens is 3. The zero-order valence-corrected chi connectivity index (χ0v) is 6.94. The molecule has 0 radical (unpaired) electrons. The summed E-state index contributed by atoms with van der Waals surface area (Å²) in [5.74, 6) is 0.778. The van der Waals surface area contributed by atoms with Crippen molar-refractivity contribution in [2.45, 2.75) is 0 Å². The van der Waals surface area contributed by atoms with Crippen LogP contribution in [0.4, 0.5) is 0 Å². The molecule has 0 aliphatic rings. The van der Waals surface area contributed by atoms with E-state index in [0.717, 1.165) is 5.82 Å². The first-order valence-electron chi connectivity index (χ1n) is 3.46. The highest BCUT2D eigenvalue weighted by Crippen LogP contribution is 2.10. The van der Waals surface area contributed by atoms with Crippen LogP contribution in [0.2, 0.25) is 5.02 Å². The summed E-state index contributed by atoms with van der Waals surface area (Å²) in [5, 5.41) is 0.675. The van der Waals surface area contributed by atoms with Crippen molar-refractivity contribution in [3.05, 3.63) is 42.1 Å². The zero-order chi connectivity index (χ0) is 8.39. The highest BCUT2D eigenvalue weighted by Gasteiger charge is 1.95. The molecule has 12 heavy (non-hydrogen) atoms. The lowest BCUT2D eigenvalue weighted by Gasteiger charge is -1.99. The second kappa shape index (κ2) is 2.95. The van der Waals surface area contributed by atoms with Crippen molar-refractivity contribution in [2.24, 2.45) is 0 Å². The summed E-state index contributed by atoms with van der Waals surface area (Å²) < 4.78 is 1.80. The Morgan fingerprint density at radius 2 is 2.25 bits per heavy atom. The van der Waals surface area contributed by atoms with Crippen LogP contribution in [-0.4, -0.2) is 14.5 Å². The minimum absolute atomic E-state index is 0.675. The Labute approximate surface area is 74.7 Å². The molecular weight excluding hydrogens is 174 g/mol. The first kappa shape index (κ1) is 7.31. The molecule has 0 saturated carbocycles. The second-order valence-electron chi connectivity index (χ2n) is 2.30. The van der Waals surface area contributed by atoms with Gasteiger partial charge in [0.05, 0.1) is 0 Å². The Balaban J connectivity index is 2.48. The molecule has 0 bridgehead atoms. The van der Waals surface area contributed by atoms with Crippen molar-refractivity contribution in [3.8, 4) is 5.82 Å². The number of nitrogens with zero attached hydrogens (tertiary/aromatic N) is 3. The molecule has 0 spiro atoms. The molecule has 0 fully saturated rings. The van der Waals surface area contributed by atoms with Crippen molar-refractivity contribution in [3.63, 3.8) is 0 Å². The maximum atomic E-state index is 5.79. The molecule has 0 aliphatic heterocycles. The van der Waals surface area contributed by atoms with Gasteiger partial charge in [-0.25, -0.2) is 9.97 Å². The van der Waals surface area contributed by atoms with Crippen LogP contribution in [0.15, 0.2) is 37.1 Å². The Morgan fingerprint density at radius 3 is 2.92 bits per heavy atom. The van der Waals surface area contributed by atoms with Gasteiger partial charge < -0.3 is 0 Å². The van der Waals surface area contributed by atoms with E-state index in [1.54, 1.807) is 35.4 Å². The van der Waals surface area contributed by atoms with Crippen LogP contribution >= 0.6 is 11.6 Å². The lowest BCUT2D eigenvalue weighted by Crippen LogP contribution is -1.92. The Morgan fingerprint density at radius 1 is 1.33 bits per heavy atom. The first-order valence-corrected chi connectivity index (χ1v) is 3.84. The maximum Gasteiger partial charge on any atom is 0.139 e. The highest BCUT2D eigenvalue weighted by molar-refractivity contribution is 6.30. The van der Waals surface area contributed by atoms with Crippen molar-refractivity contribution in [1.29, 1.82) is 0 Å². The average Bonchev–Trinajstić information content (AvgIpc) is 2.56. The third-order valence-electron chi connectivity index (χ3n) is 1.48. The standard InChI is InChI=1S/C8H6ClN3/c9-7-1-2-11-8(5-7)12-4-3-10-6-12/h1-6H. The predicted molar refractivity (Wildman–Crippen MR) is 46.4 cm³/mol. The van der Waals surface area contributed by atoms with Crippen LogP contribution in [0, 0.1) is 0 Å². The lowest BCUT2D eigenvalue weighted by atomic mass is 10.4. The van der Waals surface area contributed by atoms with Gasteiger partial charge in [0.2, 0.25) is 0 Å². The first-order chi connectivity index (χ1) is 5.86. The van der Waals surface area contributed by atoms with Crippen LogP contribution in [-0.2, 0) is 0 Å². The van der Waals surface area contributed by atoms with E-state index >= 15 is 0 Å². The van der Waals surface area contributed by atoms with Gasteiger partial charge in [0.25, 0.3) is 0 Å². The van der Waals surface area contributed by atoms with E-state index in [0.29, 0.717) is 5.02 Å². The molecule has 0 aromatic carbocycles. The van der Waals surface area contributed by atoms with Gasteiger partial charge in [0.1, 0.15) is 12.1 Å². The minimum atomic E-state index is 0.675. The third-order valence-corrected chi connectivity index (χ3v) is 1.71. The molecule has 60 valence electrons. The van der Waals surface area contributed by atoms with Gasteiger partial charge >= 0.3 is 0 Å². The van der Waals surface area contributed by atoms with E-state index in [9.17, 15) is 0 Å². The molecular formula is C8H6ClN3. The third kappa shape index (κ3) is 1.31. The number of rotatable bonds is 1. The molecule has 0 aliphatic carbocycles. The van der Waals surface area contributed by atoms with E-state index in [-0.39, 0.29) is 0 Å². The predicted octanol–water partition coefficient (Wildman–Crippen LogP) is 1.92. The molecule has 0 unspecified atom stereocenters. The molecule has 2 aromatic heterocycles. The smallest absolute Gasteiger partial charge is 0.139 e. The quantitative estimate of drug-likeness (QED) is 0.670. The van der Waals surface area contributed by atoms with Gasteiger partial charge in [-0.1, -0.05) is 11.6 Å². The molecule has 0 atom stereocenters. The molecule has 0 amide bonds. The molecule has 2 heterocycles. The second-order valence-corrected chi connectivity index (χ2v) is 2.74. The molecule has 3 nitrogen and oxygen atoms in total. The average molecular weight is 180 g/mol. The van der Waals surface area contributed by atoms with Crippen molar-refractivity contribution < 1.29 is 0 Å². The fourth-order valence-corrected chi connectivity index (χ4v) is 1.08. The van der Waals surface area contributed by atoms with E-state index in [4.69, 9.17) is 11.6 Å². The van der Waals surface area contributed by atoms with Gasteiger partial charge in [0, 0.05) is 29.7 Å². The highest BCUT2D eigenvalue weighted by atomic mass is 35.5. The normalized spacial score (nSPS) is 10.1. The number of imidazole rings is 1. The Bertz CT molecular complexity index is 370. The molecule has 0 N–H and O–H groups in total. The summed E-state index contributed by atoms with van der Waals surface area (Å²) in [6.45, 7) is 0. The van der Waals surface area contributed by atoms with Gasteiger partial charge in [-0.15, -0.1) is 0 Å². The molecule has 2 rings (SSSR count). The van der Waals surface area contributed by atoms with E-state index < -0.39 is 0 Å². The summed E-state index contributed by atoms with van der Waals surface area (Å²) in [5.41, 5.74) is 0. The summed E-state index contributed by atoms with van der Waals surface area (Å²) in [6.07, 6.45) is 6.86. The Hall–Kier alpha value is -1.35. The van der Waals surface area contributed by atoms with E-state index in [2.05, 4.69) is 9.97 Å². The van der Waals surface area contributed by atoms with Gasteiger partial charge in [-0.3, -0.25) is 4.57 Å². The fraction of sp³-hybridized carbons (Fsp3) is 0. The van der Waals surface area contributed by atoms with Crippen LogP contribution < -0.4 is 0 Å². The van der Waals surface area contributed by atoms with Crippen molar-refractivity contribution in [1.82, 2.24) is 14.5 Å². The largest absolute Gasteiger partial charge is 0.290 e. The fourth-order valence-electron chi connectivity index (χ4n) is 0.929. The van der Waals surface area contributed by atoms with Crippen LogP contribution in [0.5, 0.6) is 0 Å². The zero-order valence-electron chi connectivity index (χ0n) is 6.18.